The maximum absolute atomic E-state index is 9.50. The second kappa shape index (κ2) is 5.50. The summed E-state index contributed by atoms with van der Waals surface area (Å²) < 4.78 is 4.96. The van der Waals surface area contributed by atoms with E-state index in [4.69, 9.17) is 4.74 Å². The Hall–Kier alpha value is -1.22. The Kier molecular flexibility index (Phi) is 4.26. The number of rotatable bonds is 5. The highest BCUT2D eigenvalue weighted by Crippen LogP contribution is 2.26. The van der Waals surface area contributed by atoms with Crippen LogP contribution in [0.5, 0.6) is 11.5 Å². The van der Waals surface area contributed by atoms with Crippen molar-refractivity contribution in [1.29, 1.82) is 0 Å². The normalized spacial score (nSPS) is 10.1. The fraction of sp³-hybridized carbons (Fsp3) is 0.455. The molecule has 0 saturated carbocycles. The molecule has 14 heavy (non-hydrogen) atoms. The molecule has 0 aliphatic rings. The van der Waals surface area contributed by atoms with E-state index in [1.165, 1.54) is 0 Å². The van der Waals surface area contributed by atoms with Crippen LogP contribution in [0.15, 0.2) is 18.2 Å². The Labute approximate surface area is 84.7 Å². The summed E-state index contributed by atoms with van der Waals surface area (Å²) in [6.07, 6.45) is 0.922. The first-order valence-corrected chi connectivity index (χ1v) is 4.84. The molecular formula is C11H17NO2. The van der Waals surface area contributed by atoms with Crippen LogP contribution >= 0.6 is 0 Å². The molecular weight excluding hydrogens is 178 g/mol. The zero-order valence-corrected chi connectivity index (χ0v) is 8.71. The van der Waals surface area contributed by atoms with Crippen LogP contribution in [0.1, 0.15) is 12.5 Å². The van der Waals surface area contributed by atoms with E-state index in [9.17, 15) is 5.11 Å². The first-order chi connectivity index (χ1) is 6.77. The van der Waals surface area contributed by atoms with Gasteiger partial charge in [0.1, 0.15) is 0 Å². The molecule has 78 valence electrons. The predicted octanol–water partition coefficient (Wildman–Crippen LogP) is 1.55. The van der Waals surface area contributed by atoms with Crippen LogP contribution in [0.4, 0.5) is 0 Å². The summed E-state index contributed by atoms with van der Waals surface area (Å²) in [6, 6.07) is 5.50. The molecule has 0 aliphatic carbocycles. The summed E-state index contributed by atoms with van der Waals surface area (Å²) in [5.41, 5.74) is 1.12. The van der Waals surface area contributed by atoms with E-state index in [2.05, 4.69) is 12.2 Å². The van der Waals surface area contributed by atoms with Gasteiger partial charge in [-0.05, 0) is 37.2 Å². The van der Waals surface area contributed by atoms with E-state index in [1.54, 1.807) is 19.2 Å². The molecule has 3 nitrogen and oxygen atoms in total. The van der Waals surface area contributed by atoms with Crippen molar-refractivity contribution in [3.63, 3.8) is 0 Å². The van der Waals surface area contributed by atoms with E-state index in [0.29, 0.717) is 5.75 Å². The van der Waals surface area contributed by atoms with E-state index >= 15 is 0 Å². The third-order valence-corrected chi connectivity index (χ3v) is 2.08. The smallest absolute Gasteiger partial charge is 0.160 e. The molecule has 0 heterocycles. The second-order valence-electron chi connectivity index (χ2n) is 3.11. The number of ether oxygens (including phenoxy) is 1. The van der Waals surface area contributed by atoms with Gasteiger partial charge >= 0.3 is 0 Å². The largest absolute Gasteiger partial charge is 0.504 e. The summed E-state index contributed by atoms with van der Waals surface area (Å²) in [4.78, 5) is 0. The first-order valence-electron chi connectivity index (χ1n) is 4.84. The fourth-order valence-corrected chi connectivity index (χ4v) is 1.30. The number of nitrogens with one attached hydrogen (secondary N) is 1. The maximum Gasteiger partial charge on any atom is 0.160 e. The molecule has 0 aromatic heterocycles. The number of phenolic OH excluding ortho intramolecular Hbond substituents is 1. The van der Waals surface area contributed by atoms with Crippen LogP contribution in [0, 0.1) is 0 Å². The van der Waals surface area contributed by atoms with Crippen molar-refractivity contribution in [2.24, 2.45) is 0 Å². The quantitative estimate of drug-likeness (QED) is 0.700. The van der Waals surface area contributed by atoms with Gasteiger partial charge in [0.25, 0.3) is 0 Å². The first kappa shape index (κ1) is 10.9. The van der Waals surface area contributed by atoms with Gasteiger partial charge in [-0.15, -0.1) is 0 Å². The van der Waals surface area contributed by atoms with Crippen LogP contribution in [-0.2, 0) is 6.42 Å². The molecule has 1 aromatic carbocycles. The van der Waals surface area contributed by atoms with Crippen molar-refractivity contribution in [1.82, 2.24) is 5.32 Å². The van der Waals surface area contributed by atoms with Gasteiger partial charge in [-0.25, -0.2) is 0 Å². The number of methoxy groups -OCH3 is 1. The Balaban J connectivity index is 2.57. The van der Waals surface area contributed by atoms with Crippen molar-refractivity contribution in [3.8, 4) is 11.5 Å². The molecule has 0 radical (unpaired) electrons. The summed E-state index contributed by atoms with van der Waals surface area (Å²) in [5.74, 6) is 0.735. The predicted molar refractivity (Wildman–Crippen MR) is 56.9 cm³/mol. The van der Waals surface area contributed by atoms with E-state index in [0.717, 1.165) is 25.1 Å². The lowest BCUT2D eigenvalue weighted by Gasteiger charge is -2.06. The van der Waals surface area contributed by atoms with Gasteiger partial charge in [-0.3, -0.25) is 0 Å². The number of likely N-dealkylation sites (N-methyl/N-ethyl adjacent to an activating group) is 1. The topological polar surface area (TPSA) is 41.5 Å². The second-order valence-corrected chi connectivity index (χ2v) is 3.11. The Bertz CT molecular complexity index is 287. The summed E-state index contributed by atoms with van der Waals surface area (Å²) in [5, 5.41) is 12.7. The molecule has 0 spiro atoms. The van der Waals surface area contributed by atoms with E-state index in [-0.39, 0.29) is 5.75 Å². The summed E-state index contributed by atoms with van der Waals surface area (Å²) in [7, 11) is 1.55. The third kappa shape index (κ3) is 2.92. The lowest BCUT2D eigenvalue weighted by atomic mass is 10.1. The molecule has 0 fully saturated rings. The zero-order valence-electron chi connectivity index (χ0n) is 8.71. The highest BCUT2D eigenvalue weighted by molar-refractivity contribution is 5.41. The SMILES string of the molecule is CCNCCc1ccc(OC)c(O)c1. The molecule has 0 aliphatic heterocycles. The van der Waals surface area contributed by atoms with Crippen molar-refractivity contribution in [2.75, 3.05) is 20.2 Å². The number of hydrogen-bond acceptors (Lipinski definition) is 3. The minimum atomic E-state index is 0.210. The third-order valence-electron chi connectivity index (χ3n) is 2.08. The van der Waals surface area contributed by atoms with Crippen molar-refractivity contribution >= 4 is 0 Å². The standard InChI is InChI=1S/C11H17NO2/c1-3-12-7-6-9-4-5-11(14-2)10(13)8-9/h4-5,8,12-13H,3,6-7H2,1-2H3. The Morgan fingerprint density at radius 2 is 2.21 bits per heavy atom. The lowest BCUT2D eigenvalue weighted by molar-refractivity contribution is 0.373. The van der Waals surface area contributed by atoms with Gasteiger partial charge < -0.3 is 15.2 Å². The van der Waals surface area contributed by atoms with Crippen LogP contribution in [0.25, 0.3) is 0 Å². The van der Waals surface area contributed by atoms with Crippen LogP contribution in [-0.4, -0.2) is 25.3 Å². The van der Waals surface area contributed by atoms with Gasteiger partial charge in [0.2, 0.25) is 0 Å². The summed E-state index contributed by atoms with van der Waals surface area (Å²) in [6.45, 7) is 3.98. The van der Waals surface area contributed by atoms with Crippen LogP contribution in [0.3, 0.4) is 0 Å². The van der Waals surface area contributed by atoms with Gasteiger partial charge in [0.15, 0.2) is 11.5 Å². The average molecular weight is 195 g/mol. The number of aromatic hydroxyl groups is 1. The molecule has 1 aromatic rings. The van der Waals surface area contributed by atoms with Gasteiger partial charge in [-0.1, -0.05) is 13.0 Å². The van der Waals surface area contributed by atoms with Crippen LogP contribution in [0.2, 0.25) is 0 Å². The Morgan fingerprint density at radius 1 is 1.43 bits per heavy atom. The highest BCUT2D eigenvalue weighted by Gasteiger charge is 2.01. The molecule has 2 N–H and O–H groups in total. The van der Waals surface area contributed by atoms with Crippen molar-refractivity contribution in [3.05, 3.63) is 23.8 Å². The minimum absolute atomic E-state index is 0.210. The van der Waals surface area contributed by atoms with E-state index < -0.39 is 0 Å². The molecule has 0 unspecified atom stereocenters. The molecule has 0 atom stereocenters. The van der Waals surface area contributed by atoms with Gasteiger partial charge in [0.05, 0.1) is 7.11 Å². The zero-order chi connectivity index (χ0) is 10.4. The lowest BCUT2D eigenvalue weighted by Crippen LogP contribution is -2.15. The van der Waals surface area contributed by atoms with Gasteiger partial charge in [0, 0.05) is 0 Å². The highest BCUT2D eigenvalue weighted by atomic mass is 16.5. The number of hydrogen-bond donors (Lipinski definition) is 2. The van der Waals surface area contributed by atoms with E-state index in [1.807, 2.05) is 6.07 Å². The average Bonchev–Trinajstić information content (AvgIpc) is 2.18. The van der Waals surface area contributed by atoms with Crippen molar-refractivity contribution < 1.29 is 9.84 Å². The summed E-state index contributed by atoms with van der Waals surface area (Å²) >= 11 is 0. The Morgan fingerprint density at radius 3 is 2.79 bits per heavy atom. The van der Waals surface area contributed by atoms with Gasteiger partial charge in [-0.2, -0.15) is 0 Å². The molecule has 0 bridgehead atoms. The molecule has 3 heteroatoms. The molecule has 0 saturated heterocycles. The minimum Gasteiger partial charge on any atom is -0.504 e. The molecule has 0 amide bonds. The maximum atomic E-state index is 9.50. The molecule has 1 rings (SSSR count). The monoisotopic (exact) mass is 195 g/mol. The van der Waals surface area contributed by atoms with Crippen molar-refractivity contribution in [2.45, 2.75) is 13.3 Å². The number of benzene rings is 1. The van der Waals surface area contributed by atoms with Crippen LogP contribution < -0.4 is 10.1 Å². The number of phenols is 1. The fourth-order valence-electron chi connectivity index (χ4n) is 1.30.